The molecule has 1 heterocycles. The predicted octanol–water partition coefficient (Wildman–Crippen LogP) is 3.13. The number of benzene rings is 1. The molecule has 0 radical (unpaired) electrons. The van der Waals surface area contributed by atoms with Crippen LogP contribution in [0.2, 0.25) is 0 Å². The van der Waals surface area contributed by atoms with E-state index in [0.29, 0.717) is 0 Å². The fourth-order valence-corrected chi connectivity index (χ4v) is 2.85. The molecule has 1 atom stereocenters. The molecule has 6 nitrogen and oxygen atoms in total. The predicted molar refractivity (Wildman–Crippen MR) is 100.0 cm³/mol. The van der Waals surface area contributed by atoms with E-state index in [-0.39, 0.29) is 24.3 Å². The maximum absolute atomic E-state index is 12.4. The summed E-state index contributed by atoms with van der Waals surface area (Å²) in [6.07, 6.45) is -0.169. The highest BCUT2D eigenvalue weighted by Gasteiger charge is 2.20. The Labute approximate surface area is 154 Å². The first-order chi connectivity index (χ1) is 12.1. The molecule has 1 aromatic heterocycles. The monoisotopic (exact) mass is 357 g/mol. The summed E-state index contributed by atoms with van der Waals surface area (Å²) in [4.78, 5) is 23.6. The molecule has 1 unspecified atom stereocenters. The molecule has 26 heavy (non-hydrogen) atoms. The molecule has 0 aliphatic heterocycles. The lowest BCUT2D eigenvalue weighted by Crippen LogP contribution is -2.33. The number of carbonyl (C=O) groups excluding carboxylic acids is 1. The average molecular weight is 357 g/mol. The standard InChI is InChI=1S/C20H27N3O3/c1-13-10-14(2)23(22-13)12-18(24)21-17(11-19(25)26)15-6-8-16(9-7-15)20(3,4)5/h6-10,17H,11-12H2,1-5H3,(H,21,24)(H,25,26). The van der Waals surface area contributed by atoms with Crippen LogP contribution in [0.4, 0.5) is 0 Å². The first kappa shape index (κ1) is 19.7. The number of carboxylic acids is 1. The normalized spacial score (nSPS) is 12.7. The third-order valence-electron chi connectivity index (χ3n) is 4.29. The summed E-state index contributed by atoms with van der Waals surface area (Å²) in [5.41, 5.74) is 3.68. The Morgan fingerprint density at radius 3 is 2.27 bits per heavy atom. The van der Waals surface area contributed by atoms with Crippen LogP contribution in [0.1, 0.15) is 55.7 Å². The highest BCUT2D eigenvalue weighted by molar-refractivity contribution is 5.77. The minimum Gasteiger partial charge on any atom is -0.481 e. The molecular weight excluding hydrogens is 330 g/mol. The number of aryl methyl sites for hydroxylation is 2. The zero-order chi connectivity index (χ0) is 19.5. The molecule has 0 bridgehead atoms. The Balaban J connectivity index is 2.15. The van der Waals surface area contributed by atoms with Crippen LogP contribution in [-0.4, -0.2) is 26.8 Å². The fourth-order valence-electron chi connectivity index (χ4n) is 2.85. The number of hydrogen-bond donors (Lipinski definition) is 2. The number of hydrogen-bond acceptors (Lipinski definition) is 3. The molecule has 0 saturated heterocycles. The molecule has 2 aromatic rings. The molecule has 0 aliphatic rings. The highest BCUT2D eigenvalue weighted by Crippen LogP contribution is 2.25. The van der Waals surface area contributed by atoms with E-state index in [2.05, 4.69) is 31.2 Å². The minimum atomic E-state index is -0.957. The zero-order valence-corrected chi connectivity index (χ0v) is 16.0. The summed E-state index contributed by atoms with van der Waals surface area (Å²) >= 11 is 0. The molecule has 0 saturated carbocycles. The van der Waals surface area contributed by atoms with E-state index < -0.39 is 12.0 Å². The van der Waals surface area contributed by atoms with Crippen LogP contribution in [0.25, 0.3) is 0 Å². The molecule has 2 rings (SSSR count). The third kappa shape index (κ3) is 5.18. The minimum absolute atomic E-state index is 0.0134. The largest absolute Gasteiger partial charge is 0.481 e. The van der Waals surface area contributed by atoms with Crippen LogP contribution in [-0.2, 0) is 21.5 Å². The van der Waals surface area contributed by atoms with Gasteiger partial charge in [0.25, 0.3) is 0 Å². The Morgan fingerprint density at radius 1 is 1.19 bits per heavy atom. The number of aromatic nitrogens is 2. The van der Waals surface area contributed by atoms with Gasteiger partial charge in [-0.2, -0.15) is 5.10 Å². The van der Waals surface area contributed by atoms with Gasteiger partial charge in [-0.3, -0.25) is 14.3 Å². The van der Waals surface area contributed by atoms with Gasteiger partial charge in [0.1, 0.15) is 6.54 Å². The molecule has 2 N–H and O–H groups in total. The first-order valence-corrected chi connectivity index (χ1v) is 8.69. The fraction of sp³-hybridized carbons (Fsp3) is 0.450. The summed E-state index contributed by atoms with van der Waals surface area (Å²) in [6, 6.07) is 9.06. The summed E-state index contributed by atoms with van der Waals surface area (Å²) in [5, 5.41) is 16.3. The molecule has 1 aromatic carbocycles. The maximum Gasteiger partial charge on any atom is 0.305 e. The number of rotatable bonds is 6. The Kier molecular flexibility index (Phi) is 5.85. The van der Waals surface area contributed by atoms with Crippen LogP contribution in [0.5, 0.6) is 0 Å². The SMILES string of the molecule is Cc1cc(C)n(CC(=O)NC(CC(=O)O)c2ccc(C(C)(C)C)cc2)n1. The lowest BCUT2D eigenvalue weighted by atomic mass is 9.86. The molecule has 6 heteroatoms. The van der Waals surface area contributed by atoms with Crippen LogP contribution in [0.15, 0.2) is 30.3 Å². The van der Waals surface area contributed by atoms with Crippen molar-refractivity contribution in [2.24, 2.45) is 0 Å². The van der Waals surface area contributed by atoms with E-state index >= 15 is 0 Å². The number of carbonyl (C=O) groups is 2. The van der Waals surface area contributed by atoms with Gasteiger partial charge in [0.2, 0.25) is 5.91 Å². The van der Waals surface area contributed by atoms with Gasteiger partial charge in [0.15, 0.2) is 0 Å². The van der Waals surface area contributed by atoms with Gasteiger partial charge in [-0.05, 0) is 36.5 Å². The average Bonchev–Trinajstić information content (AvgIpc) is 2.83. The van der Waals surface area contributed by atoms with Crippen LogP contribution in [0, 0.1) is 13.8 Å². The van der Waals surface area contributed by atoms with E-state index in [1.54, 1.807) is 4.68 Å². The quantitative estimate of drug-likeness (QED) is 0.832. The van der Waals surface area contributed by atoms with Crippen molar-refractivity contribution in [2.45, 2.75) is 59.0 Å². The first-order valence-electron chi connectivity index (χ1n) is 8.69. The maximum atomic E-state index is 12.4. The van der Waals surface area contributed by atoms with Crippen molar-refractivity contribution < 1.29 is 14.7 Å². The van der Waals surface area contributed by atoms with Crippen molar-refractivity contribution >= 4 is 11.9 Å². The van der Waals surface area contributed by atoms with E-state index in [0.717, 1.165) is 22.5 Å². The Morgan fingerprint density at radius 2 is 1.81 bits per heavy atom. The summed E-state index contributed by atoms with van der Waals surface area (Å²) in [5.74, 6) is -1.22. The van der Waals surface area contributed by atoms with Gasteiger partial charge in [-0.15, -0.1) is 0 Å². The third-order valence-corrected chi connectivity index (χ3v) is 4.29. The molecule has 0 fully saturated rings. The van der Waals surface area contributed by atoms with Crippen molar-refractivity contribution in [3.05, 3.63) is 52.8 Å². The van der Waals surface area contributed by atoms with E-state index in [9.17, 15) is 14.7 Å². The second kappa shape index (κ2) is 7.72. The van der Waals surface area contributed by atoms with Crippen LogP contribution < -0.4 is 5.32 Å². The molecule has 0 spiro atoms. The van der Waals surface area contributed by atoms with Gasteiger partial charge in [-0.25, -0.2) is 0 Å². The lowest BCUT2D eigenvalue weighted by Gasteiger charge is -2.22. The van der Waals surface area contributed by atoms with Gasteiger partial charge >= 0.3 is 5.97 Å². The number of nitrogens with zero attached hydrogens (tertiary/aromatic N) is 2. The number of aliphatic carboxylic acids is 1. The van der Waals surface area contributed by atoms with E-state index in [1.165, 1.54) is 0 Å². The number of nitrogens with one attached hydrogen (secondary N) is 1. The van der Waals surface area contributed by atoms with Crippen LogP contribution >= 0.6 is 0 Å². The Bertz CT molecular complexity index is 786. The summed E-state index contributed by atoms with van der Waals surface area (Å²) in [7, 11) is 0. The topological polar surface area (TPSA) is 84.2 Å². The van der Waals surface area contributed by atoms with Crippen molar-refractivity contribution in [3.8, 4) is 0 Å². The molecule has 1 amide bonds. The van der Waals surface area contributed by atoms with Crippen molar-refractivity contribution in [2.75, 3.05) is 0 Å². The van der Waals surface area contributed by atoms with Gasteiger partial charge < -0.3 is 10.4 Å². The molecule has 0 aliphatic carbocycles. The zero-order valence-electron chi connectivity index (χ0n) is 16.0. The number of carboxylic acid groups (broad SMARTS) is 1. The molecule has 140 valence electrons. The van der Waals surface area contributed by atoms with Gasteiger partial charge in [0, 0.05) is 5.69 Å². The van der Waals surface area contributed by atoms with Crippen LogP contribution in [0.3, 0.4) is 0 Å². The van der Waals surface area contributed by atoms with E-state index in [4.69, 9.17) is 0 Å². The smallest absolute Gasteiger partial charge is 0.305 e. The van der Waals surface area contributed by atoms with Gasteiger partial charge in [0.05, 0.1) is 18.2 Å². The van der Waals surface area contributed by atoms with Crippen molar-refractivity contribution in [3.63, 3.8) is 0 Å². The number of amides is 1. The summed E-state index contributed by atoms with van der Waals surface area (Å²) < 4.78 is 1.62. The highest BCUT2D eigenvalue weighted by atomic mass is 16.4. The second-order valence-corrected chi connectivity index (χ2v) is 7.67. The molecular formula is C20H27N3O3. The van der Waals surface area contributed by atoms with Crippen molar-refractivity contribution in [1.82, 2.24) is 15.1 Å². The van der Waals surface area contributed by atoms with Crippen molar-refractivity contribution in [1.29, 1.82) is 0 Å². The van der Waals surface area contributed by atoms with E-state index in [1.807, 2.05) is 44.2 Å². The van der Waals surface area contributed by atoms with Gasteiger partial charge in [-0.1, -0.05) is 45.0 Å². The summed E-state index contributed by atoms with van der Waals surface area (Å²) in [6.45, 7) is 10.2. The Hall–Kier alpha value is -2.63. The lowest BCUT2D eigenvalue weighted by molar-refractivity contribution is -0.137. The second-order valence-electron chi connectivity index (χ2n) is 7.67.